The number of hydrogen-bond acceptors (Lipinski definition) is 4. The zero-order valence-corrected chi connectivity index (χ0v) is 14.2. The van der Waals surface area contributed by atoms with Gasteiger partial charge in [-0.1, -0.05) is 12.1 Å². The summed E-state index contributed by atoms with van der Waals surface area (Å²) in [5.41, 5.74) is 1.41. The fraction of sp³-hybridized carbons (Fsp3) is 0.312. The Balaban J connectivity index is 1.93. The van der Waals surface area contributed by atoms with Crippen LogP contribution in [-0.2, 0) is 10.0 Å². The van der Waals surface area contributed by atoms with Crippen molar-refractivity contribution in [1.29, 1.82) is 0 Å². The maximum atomic E-state index is 12.0. The van der Waals surface area contributed by atoms with Crippen LogP contribution < -0.4 is 5.32 Å². The zero-order chi connectivity index (χ0) is 17.0. The summed E-state index contributed by atoms with van der Waals surface area (Å²) in [4.78, 5) is 12.0. The van der Waals surface area contributed by atoms with Gasteiger partial charge in [-0.2, -0.15) is 0 Å². The SMILES string of the molecule is Cc1ccc(-c2ccc(C(=O)NCCN(C)S(C)(=O)=O)cc2)o1. The molecule has 0 atom stereocenters. The summed E-state index contributed by atoms with van der Waals surface area (Å²) in [6.45, 7) is 2.36. The van der Waals surface area contributed by atoms with Gasteiger partial charge in [0.05, 0.1) is 6.26 Å². The van der Waals surface area contributed by atoms with E-state index in [4.69, 9.17) is 4.42 Å². The highest BCUT2D eigenvalue weighted by molar-refractivity contribution is 7.88. The normalized spacial score (nSPS) is 11.7. The minimum atomic E-state index is -3.23. The van der Waals surface area contributed by atoms with Gasteiger partial charge in [-0.25, -0.2) is 12.7 Å². The Morgan fingerprint density at radius 2 is 1.83 bits per heavy atom. The van der Waals surface area contributed by atoms with Crippen molar-refractivity contribution in [1.82, 2.24) is 9.62 Å². The Hall–Kier alpha value is -2.12. The molecule has 0 aliphatic rings. The molecule has 23 heavy (non-hydrogen) atoms. The van der Waals surface area contributed by atoms with Crippen LogP contribution in [0.1, 0.15) is 16.1 Å². The van der Waals surface area contributed by atoms with Gasteiger partial charge in [0, 0.05) is 31.3 Å². The van der Waals surface area contributed by atoms with Crippen LogP contribution in [0.15, 0.2) is 40.8 Å². The van der Waals surface area contributed by atoms with Crippen molar-refractivity contribution in [3.05, 3.63) is 47.7 Å². The highest BCUT2D eigenvalue weighted by Crippen LogP contribution is 2.22. The summed E-state index contributed by atoms with van der Waals surface area (Å²) >= 11 is 0. The molecule has 1 N–H and O–H groups in total. The lowest BCUT2D eigenvalue weighted by Gasteiger charge is -2.14. The Labute approximate surface area is 136 Å². The molecule has 1 aromatic carbocycles. The summed E-state index contributed by atoms with van der Waals surface area (Å²) in [5.74, 6) is 1.34. The molecule has 0 unspecified atom stereocenters. The molecule has 2 rings (SSSR count). The van der Waals surface area contributed by atoms with Crippen LogP contribution in [0.4, 0.5) is 0 Å². The van der Waals surface area contributed by atoms with Crippen molar-refractivity contribution >= 4 is 15.9 Å². The van der Waals surface area contributed by atoms with E-state index in [1.807, 2.05) is 31.2 Å². The van der Waals surface area contributed by atoms with E-state index in [0.29, 0.717) is 5.56 Å². The molecule has 2 aromatic rings. The molecular formula is C16H20N2O4S. The number of benzene rings is 1. The lowest BCUT2D eigenvalue weighted by molar-refractivity contribution is 0.0952. The van der Waals surface area contributed by atoms with Crippen molar-refractivity contribution in [2.24, 2.45) is 0 Å². The number of rotatable bonds is 6. The first-order chi connectivity index (χ1) is 10.8. The minimum absolute atomic E-state index is 0.230. The second-order valence-corrected chi connectivity index (χ2v) is 7.42. The molecule has 0 saturated heterocycles. The molecule has 6 nitrogen and oxygen atoms in total. The first kappa shape index (κ1) is 17.2. The quantitative estimate of drug-likeness (QED) is 0.873. The third-order valence-corrected chi connectivity index (χ3v) is 4.77. The average Bonchev–Trinajstić information content (AvgIpc) is 2.93. The Morgan fingerprint density at radius 1 is 1.17 bits per heavy atom. The number of likely N-dealkylation sites (N-methyl/N-ethyl adjacent to an activating group) is 1. The van der Waals surface area contributed by atoms with E-state index in [1.54, 1.807) is 12.1 Å². The summed E-state index contributed by atoms with van der Waals surface area (Å²) < 4.78 is 29.2. The number of sulfonamides is 1. The van der Waals surface area contributed by atoms with E-state index in [0.717, 1.165) is 23.3 Å². The van der Waals surface area contributed by atoms with Gasteiger partial charge >= 0.3 is 0 Å². The zero-order valence-electron chi connectivity index (χ0n) is 13.4. The van der Waals surface area contributed by atoms with Crippen LogP contribution in [-0.4, -0.2) is 45.0 Å². The van der Waals surface area contributed by atoms with Crippen molar-refractivity contribution in [2.45, 2.75) is 6.92 Å². The van der Waals surface area contributed by atoms with E-state index in [9.17, 15) is 13.2 Å². The molecule has 1 amide bonds. The fourth-order valence-electron chi connectivity index (χ4n) is 1.97. The second kappa shape index (κ2) is 6.97. The van der Waals surface area contributed by atoms with Crippen LogP contribution in [0.3, 0.4) is 0 Å². The number of nitrogens with one attached hydrogen (secondary N) is 1. The van der Waals surface area contributed by atoms with Gasteiger partial charge in [-0.05, 0) is 31.2 Å². The highest BCUT2D eigenvalue weighted by Gasteiger charge is 2.11. The maximum absolute atomic E-state index is 12.0. The van der Waals surface area contributed by atoms with E-state index < -0.39 is 10.0 Å². The minimum Gasteiger partial charge on any atom is -0.461 e. The van der Waals surface area contributed by atoms with Crippen LogP contribution in [0.5, 0.6) is 0 Å². The highest BCUT2D eigenvalue weighted by atomic mass is 32.2. The fourth-order valence-corrected chi connectivity index (χ4v) is 2.39. The van der Waals surface area contributed by atoms with E-state index in [1.165, 1.54) is 11.4 Å². The molecule has 0 bridgehead atoms. The number of aryl methyl sites for hydroxylation is 1. The van der Waals surface area contributed by atoms with Gasteiger partial charge in [0.1, 0.15) is 11.5 Å². The molecular weight excluding hydrogens is 316 g/mol. The van der Waals surface area contributed by atoms with Crippen LogP contribution >= 0.6 is 0 Å². The number of amides is 1. The first-order valence-electron chi connectivity index (χ1n) is 7.14. The van der Waals surface area contributed by atoms with Gasteiger partial charge in [-0.3, -0.25) is 4.79 Å². The molecule has 0 aliphatic heterocycles. The average molecular weight is 336 g/mol. The molecule has 0 radical (unpaired) electrons. The van der Waals surface area contributed by atoms with Crippen LogP contribution in [0, 0.1) is 6.92 Å². The van der Waals surface area contributed by atoms with Gasteiger partial charge in [0.2, 0.25) is 10.0 Å². The number of furan rings is 1. The Bertz CT molecular complexity index is 779. The molecule has 124 valence electrons. The molecule has 7 heteroatoms. The third kappa shape index (κ3) is 4.67. The number of nitrogens with zero attached hydrogens (tertiary/aromatic N) is 1. The number of carbonyl (C=O) groups excluding carboxylic acids is 1. The van der Waals surface area contributed by atoms with Crippen molar-refractivity contribution in [3.63, 3.8) is 0 Å². The topological polar surface area (TPSA) is 79.6 Å². The molecule has 1 heterocycles. The monoisotopic (exact) mass is 336 g/mol. The Morgan fingerprint density at radius 3 is 2.35 bits per heavy atom. The smallest absolute Gasteiger partial charge is 0.251 e. The number of carbonyl (C=O) groups is 1. The number of hydrogen-bond donors (Lipinski definition) is 1. The standard InChI is InChI=1S/C16H20N2O4S/c1-12-4-9-15(22-12)13-5-7-14(8-6-13)16(19)17-10-11-18(2)23(3,20)21/h4-9H,10-11H2,1-3H3,(H,17,19). The van der Waals surface area contributed by atoms with E-state index in [-0.39, 0.29) is 19.0 Å². The van der Waals surface area contributed by atoms with E-state index >= 15 is 0 Å². The van der Waals surface area contributed by atoms with Gasteiger partial charge in [0.25, 0.3) is 5.91 Å². The molecule has 0 fully saturated rings. The lowest BCUT2D eigenvalue weighted by atomic mass is 10.1. The van der Waals surface area contributed by atoms with Crippen molar-refractivity contribution < 1.29 is 17.6 Å². The third-order valence-electron chi connectivity index (χ3n) is 3.45. The largest absolute Gasteiger partial charge is 0.461 e. The lowest BCUT2D eigenvalue weighted by Crippen LogP contribution is -2.35. The summed E-state index contributed by atoms with van der Waals surface area (Å²) in [7, 11) is -1.75. The van der Waals surface area contributed by atoms with Crippen LogP contribution in [0.2, 0.25) is 0 Å². The van der Waals surface area contributed by atoms with Crippen LogP contribution in [0.25, 0.3) is 11.3 Å². The first-order valence-corrected chi connectivity index (χ1v) is 8.98. The summed E-state index contributed by atoms with van der Waals surface area (Å²) in [6.07, 6.45) is 1.13. The van der Waals surface area contributed by atoms with Crippen molar-refractivity contribution in [3.8, 4) is 11.3 Å². The molecule has 0 aliphatic carbocycles. The van der Waals surface area contributed by atoms with E-state index in [2.05, 4.69) is 5.32 Å². The Kier molecular flexibility index (Phi) is 5.23. The summed E-state index contributed by atoms with van der Waals surface area (Å²) in [5, 5.41) is 2.70. The molecule has 0 saturated carbocycles. The summed E-state index contributed by atoms with van der Waals surface area (Å²) in [6, 6.07) is 10.8. The van der Waals surface area contributed by atoms with Gasteiger partial charge in [-0.15, -0.1) is 0 Å². The predicted molar refractivity (Wildman–Crippen MR) is 88.7 cm³/mol. The molecule has 0 spiro atoms. The van der Waals surface area contributed by atoms with Crippen molar-refractivity contribution in [2.75, 3.05) is 26.4 Å². The van der Waals surface area contributed by atoms with Gasteiger partial charge in [0.15, 0.2) is 0 Å². The maximum Gasteiger partial charge on any atom is 0.251 e. The second-order valence-electron chi connectivity index (χ2n) is 5.33. The van der Waals surface area contributed by atoms with Gasteiger partial charge < -0.3 is 9.73 Å². The molecule has 1 aromatic heterocycles. The predicted octanol–water partition coefficient (Wildman–Crippen LogP) is 1.88.